The number of sulfone groups is 1. The molecule has 1 N–H and O–H groups in total. The molecule has 22 heavy (non-hydrogen) atoms. The van der Waals surface area contributed by atoms with Crippen molar-refractivity contribution in [3.8, 4) is 0 Å². The van der Waals surface area contributed by atoms with Gasteiger partial charge in [-0.25, -0.2) is 8.42 Å². The molecule has 120 valence electrons. The van der Waals surface area contributed by atoms with Crippen molar-refractivity contribution in [1.82, 2.24) is 10.2 Å². The topological polar surface area (TPSA) is 83.6 Å². The van der Waals surface area contributed by atoms with Crippen molar-refractivity contribution in [2.24, 2.45) is 0 Å². The smallest absolute Gasteiger partial charge is 0.239 e. The standard InChI is InChI=1S/C15H20N2O4S/c1-11(2)12-3-5-13(6-4-12)22(20,21)10-15(19)17-8-7-16-14(18)9-17/h3-6,11H,7-10H2,1-2H3,(H,16,18). The number of nitrogens with zero attached hydrogens (tertiary/aromatic N) is 1. The fourth-order valence-electron chi connectivity index (χ4n) is 2.25. The third-order valence-electron chi connectivity index (χ3n) is 3.61. The molecule has 0 unspecified atom stereocenters. The van der Waals surface area contributed by atoms with Crippen molar-refractivity contribution < 1.29 is 18.0 Å². The maximum Gasteiger partial charge on any atom is 0.239 e. The summed E-state index contributed by atoms with van der Waals surface area (Å²) in [5.41, 5.74) is 1.04. The largest absolute Gasteiger partial charge is 0.353 e. The average molecular weight is 324 g/mol. The number of piperazine rings is 1. The van der Waals surface area contributed by atoms with Crippen molar-refractivity contribution in [2.45, 2.75) is 24.7 Å². The monoisotopic (exact) mass is 324 g/mol. The molecule has 1 aliphatic heterocycles. The number of nitrogens with one attached hydrogen (secondary N) is 1. The molecule has 1 heterocycles. The highest BCUT2D eigenvalue weighted by molar-refractivity contribution is 7.92. The second-order valence-corrected chi connectivity index (χ2v) is 7.64. The summed E-state index contributed by atoms with van der Waals surface area (Å²) in [5, 5.41) is 2.60. The van der Waals surface area contributed by atoms with Gasteiger partial charge in [-0.3, -0.25) is 9.59 Å². The van der Waals surface area contributed by atoms with Crippen LogP contribution in [0.1, 0.15) is 25.3 Å². The zero-order chi connectivity index (χ0) is 16.3. The quantitative estimate of drug-likeness (QED) is 0.876. The van der Waals surface area contributed by atoms with E-state index in [4.69, 9.17) is 0 Å². The van der Waals surface area contributed by atoms with E-state index < -0.39 is 21.5 Å². The Bertz CT molecular complexity index is 665. The van der Waals surface area contributed by atoms with Crippen molar-refractivity contribution >= 4 is 21.7 Å². The highest BCUT2D eigenvalue weighted by Crippen LogP contribution is 2.18. The Morgan fingerprint density at radius 2 is 1.91 bits per heavy atom. The number of amides is 2. The highest BCUT2D eigenvalue weighted by Gasteiger charge is 2.26. The van der Waals surface area contributed by atoms with Gasteiger partial charge in [-0.15, -0.1) is 0 Å². The van der Waals surface area contributed by atoms with E-state index in [-0.39, 0.29) is 17.3 Å². The molecule has 2 amide bonds. The first-order valence-electron chi connectivity index (χ1n) is 7.17. The van der Waals surface area contributed by atoms with E-state index in [0.717, 1.165) is 5.56 Å². The molecule has 1 aromatic carbocycles. The molecule has 0 saturated carbocycles. The van der Waals surface area contributed by atoms with Crippen LogP contribution in [0.3, 0.4) is 0 Å². The first kappa shape index (κ1) is 16.5. The maximum absolute atomic E-state index is 12.3. The summed E-state index contributed by atoms with van der Waals surface area (Å²) < 4.78 is 24.6. The summed E-state index contributed by atoms with van der Waals surface area (Å²) in [6, 6.07) is 6.58. The first-order valence-corrected chi connectivity index (χ1v) is 8.82. The minimum atomic E-state index is -3.69. The summed E-state index contributed by atoms with van der Waals surface area (Å²) in [6.07, 6.45) is 0. The van der Waals surface area contributed by atoms with Crippen LogP contribution in [0.2, 0.25) is 0 Å². The molecule has 1 aromatic rings. The van der Waals surface area contributed by atoms with Crippen molar-refractivity contribution in [3.63, 3.8) is 0 Å². The fraction of sp³-hybridized carbons (Fsp3) is 0.467. The summed E-state index contributed by atoms with van der Waals surface area (Å²) in [7, 11) is -3.69. The molecule has 7 heteroatoms. The Kier molecular flexibility index (Phi) is 4.85. The molecular weight excluding hydrogens is 304 g/mol. The van der Waals surface area contributed by atoms with Gasteiger partial charge in [0.25, 0.3) is 0 Å². The van der Waals surface area contributed by atoms with Crippen LogP contribution in [-0.4, -0.2) is 50.5 Å². The molecule has 1 saturated heterocycles. The van der Waals surface area contributed by atoms with Crippen LogP contribution in [0, 0.1) is 0 Å². The Morgan fingerprint density at radius 3 is 2.45 bits per heavy atom. The zero-order valence-electron chi connectivity index (χ0n) is 12.7. The van der Waals surface area contributed by atoms with Gasteiger partial charge in [-0.1, -0.05) is 26.0 Å². The second kappa shape index (κ2) is 6.48. The molecule has 0 bridgehead atoms. The molecule has 0 radical (unpaired) electrons. The zero-order valence-corrected chi connectivity index (χ0v) is 13.5. The number of carbonyl (C=O) groups excluding carboxylic acids is 2. The van der Waals surface area contributed by atoms with E-state index in [0.29, 0.717) is 19.0 Å². The summed E-state index contributed by atoms with van der Waals surface area (Å²) in [4.78, 5) is 24.7. The van der Waals surface area contributed by atoms with Gasteiger partial charge in [0.2, 0.25) is 11.8 Å². The van der Waals surface area contributed by atoms with Crippen molar-refractivity contribution in [1.29, 1.82) is 0 Å². The van der Waals surface area contributed by atoms with Gasteiger partial charge in [0.15, 0.2) is 9.84 Å². The third kappa shape index (κ3) is 3.85. The second-order valence-electron chi connectivity index (χ2n) is 5.65. The van der Waals surface area contributed by atoms with E-state index in [1.807, 2.05) is 13.8 Å². The third-order valence-corrected chi connectivity index (χ3v) is 5.23. The lowest BCUT2D eigenvalue weighted by atomic mass is 10.0. The average Bonchev–Trinajstić information content (AvgIpc) is 2.47. The highest BCUT2D eigenvalue weighted by atomic mass is 32.2. The van der Waals surface area contributed by atoms with Crippen LogP contribution >= 0.6 is 0 Å². The van der Waals surface area contributed by atoms with Crippen molar-refractivity contribution in [2.75, 3.05) is 25.4 Å². The lowest BCUT2D eigenvalue weighted by Crippen LogP contribution is -2.51. The number of rotatable bonds is 4. The summed E-state index contributed by atoms with van der Waals surface area (Å²) in [6.45, 7) is 4.66. The van der Waals surface area contributed by atoms with E-state index >= 15 is 0 Å². The maximum atomic E-state index is 12.3. The van der Waals surface area contributed by atoms with Gasteiger partial charge in [0.1, 0.15) is 5.75 Å². The van der Waals surface area contributed by atoms with Crippen LogP contribution in [0.25, 0.3) is 0 Å². The van der Waals surface area contributed by atoms with Gasteiger partial charge in [0.05, 0.1) is 11.4 Å². The number of hydrogen-bond acceptors (Lipinski definition) is 4. The van der Waals surface area contributed by atoms with Gasteiger partial charge in [-0.2, -0.15) is 0 Å². The SMILES string of the molecule is CC(C)c1ccc(S(=O)(=O)CC(=O)N2CCNC(=O)C2)cc1. The normalized spacial score (nSPS) is 15.8. The molecule has 0 aromatic heterocycles. The van der Waals surface area contributed by atoms with E-state index in [2.05, 4.69) is 5.32 Å². The van der Waals surface area contributed by atoms with Gasteiger partial charge >= 0.3 is 0 Å². The van der Waals surface area contributed by atoms with Crippen LogP contribution < -0.4 is 5.32 Å². The minimum Gasteiger partial charge on any atom is -0.353 e. The fourth-order valence-corrected chi connectivity index (χ4v) is 3.47. The predicted octanol–water partition coefficient (Wildman–Crippen LogP) is 0.542. The molecule has 0 spiro atoms. The van der Waals surface area contributed by atoms with E-state index in [1.54, 1.807) is 12.1 Å². The lowest BCUT2D eigenvalue weighted by molar-refractivity contribution is -0.136. The lowest BCUT2D eigenvalue weighted by Gasteiger charge is -2.26. The molecule has 1 aliphatic rings. The van der Waals surface area contributed by atoms with Crippen LogP contribution in [-0.2, 0) is 19.4 Å². The molecule has 0 atom stereocenters. The Balaban J connectivity index is 2.10. The van der Waals surface area contributed by atoms with Crippen LogP contribution in [0.5, 0.6) is 0 Å². The molecule has 2 rings (SSSR count). The van der Waals surface area contributed by atoms with Crippen LogP contribution in [0.4, 0.5) is 0 Å². The van der Waals surface area contributed by atoms with Gasteiger partial charge in [0, 0.05) is 13.1 Å². The van der Waals surface area contributed by atoms with E-state index in [1.165, 1.54) is 17.0 Å². The van der Waals surface area contributed by atoms with Crippen molar-refractivity contribution in [3.05, 3.63) is 29.8 Å². The van der Waals surface area contributed by atoms with Crippen LogP contribution in [0.15, 0.2) is 29.2 Å². The number of benzene rings is 1. The Labute approximate surface area is 130 Å². The summed E-state index contributed by atoms with van der Waals surface area (Å²) in [5.74, 6) is -1.10. The number of carbonyl (C=O) groups is 2. The van der Waals surface area contributed by atoms with Gasteiger partial charge < -0.3 is 10.2 Å². The first-order chi connectivity index (χ1) is 10.3. The molecule has 6 nitrogen and oxygen atoms in total. The van der Waals surface area contributed by atoms with E-state index in [9.17, 15) is 18.0 Å². The molecular formula is C15H20N2O4S. The summed E-state index contributed by atoms with van der Waals surface area (Å²) >= 11 is 0. The molecule has 0 aliphatic carbocycles. The Hall–Kier alpha value is -1.89. The van der Waals surface area contributed by atoms with Gasteiger partial charge in [-0.05, 0) is 23.6 Å². The number of hydrogen-bond donors (Lipinski definition) is 1. The Morgan fingerprint density at radius 1 is 1.27 bits per heavy atom. The molecule has 1 fully saturated rings. The minimum absolute atomic E-state index is 0.0827. The predicted molar refractivity (Wildman–Crippen MR) is 82.2 cm³/mol.